The first-order valence-electron chi connectivity index (χ1n) is 11.0. The monoisotopic (exact) mass is 496 g/mol. The molecule has 1 aliphatic rings. The number of halogens is 1. The van der Waals surface area contributed by atoms with Gasteiger partial charge in [0.25, 0.3) is 5.91 Å². The number of amides is 1. The normalized spacial score (nSPS) is 17.7. The van der Waals surface area contributed by atoms with Gasteiger partial charge in [0, 0.05) is 30.5 Å². The Bertz CT molecular complexity index is 1280. The molecular formula is C24H25ClN6O2S. The molecule has 4 heterocycles. The molecule has 34 heavy (non-hydrogen) atoms. The number of benzene rings is 1. The fraction of sp³-hybridized carbons (Fsp3) is 0.292. The Kier molecular flexibility index (Phi) is 6.40. The summed E-state index contributed by atoms with van der Waals surface area (Å²) in [4.78, 5) is 25.3. The molecule has 1 amide bonds. The summed E-state index contributed by atoms with van der Waals surface area (Å²) >= 11 is 8.40. The van der Waals surface area contributed by atoms with Crippen molar-refractivity contribution in [1.29, 1.82) is 0 Å². The van der Waals surface area contributed by atoms with Crippen LogP contribution in [0.3, 0.4) is 0 Å². The van der Waals surface area contributed by atoms with Crippen LogP contribution in [0.25, 0.3) is 22.6 Å². The smallest absolute Gasteiger partial charge is 0.257 e. The molecule has 4 aromatic rings. The van der Waals surface area contributed by atoms with Gasteiger partial charge in [0.05, 0.1) is 22.4 Å². The lowest BCUT2D eigenvalue weighted by Gasteiger charge is -2.31. The van der Waals surface area contributed by atoms with Crippen LogP contribution in [0.4, 0.5) is 5.69 Å². The maximum atomic E-state index is 11.4. The minimum Gasteiger partial charge on any atom is -0.484 e. The number of pyridine rings is 1. The molecule has 1 aromatic carbocycles. The number of hydrogen-bond acceptors (Lipinski definition) is 7. The van der Waals surface area contributed by atoms with E-state index in [4.69, 9.17) is 21.3 Å². The average Bonchev–Trinajstić information content (AvgIpc) is 3.62. The van der Waals surface area contributed by atoms with Crippen LogP contribution in [0.5, 0.6) is 5.75 Å². The number of likely N-dealkylation sites (N-methyl/N-ethyl adjacent to an activating group) is 1. The van der Waals surface area contributed by atoms with Gasteiger partial charge in [-0.2, -0.15) is 0 Å². The number of aromatic amines is 1. The third kappa shape index (κ3) is 4.72. The molecule has 1 saturated heterocycles. The van der Waals surface area contributed by atoms with Crippen molar-refractivity contribution in [2.45, 2.75) is 18.4 Å². The van der Waals surface area contributed by atoms with Gasteiger partial charge in [-0.1, -0.05) is 17.7 Å². The van der Waals surface area contributed by atoms with Crippen molar-refractivity contribution in [3.8, 4) is 17.1 Å². The van der Waals surface area contributed by atoms with Gasteiger partial charge in [0.15, 0.2) is 12.3 Å². The number of anilines is 1. The molecule has 1 fully saturated rings. The number of thiophene rings is 1. The number of ether oxygens (including phenoxy) is 1. The molecule has 0 aliphatic carbocycles. The van der Waals surface area contributed by atoms with Crippen molar-refractivity contribution in [1.82, 2.24) is 25.6 Å². The van der Waals surface area contributed by atoms with E-state index < -0.39 is 0 Å². The second-order valence-electron chi connectivity index (χ2n) is 8.34. The van der Waals surface area contributed by atoms with E-state index in [-0.39, 0.29) is 18.1 Å². The molecular weight excluding hydrogens is 472 g/mol. The summed E-state index contributed by atoms with van der Waals surface area (Å²) in [6.07, 6.45) is 3.55. The van der Waals surface area contributed by atoms with Crippen molar-refractivity contribution >= 4 is 45.7 Å². The van der Waals surface area contributed by atoms with Crippen LogP contribution in [0.2, 0.25) is 5.02 Å². The van der Waals surface area contributed by atoms with Gasteiger partial charge in [0.1, 0.15) is 17.1 Å². The zero-order valence-electron chi connectivity index (χ0n) is 18.7. The van der Waals surface area contributed by atoms with Crippen LogP contribution < -0.4 is 20.7 Å². The molecule has 3 aromatic heterocycles. The molecule has 5 rings (SSSR count). The van der Waals surface area contributed by atoms with Crippen LogP contribution in [0, 0.1) is 0 Å². The van der Waals surface area contributed by atoms with Crippen LogP contribution in [0.15, 0.2) is 48.0 Å². The number of rotatable bonds is 8. The molecule has 0 spiro atoms. The Labute approximate surface area is 206 Å². The summed E-state index contributed by atoms with van der Waals surface area (Å²) in [7, 11) is 1.58. The van der Waals surface area contributed by atoms with E-state index in [1.165, 1.54) is 4.88 Å². The van der Waals surface area contributed by atoms with E-state index in [2.05, 4.69) is 43.4 Å². The minimum atomic E-state index is -0.182. The number of fused-ring (bicyclic) bond motifs is 1. The van der Waals surface area contributed by atoms with Gasteiger partial charge in [-0.05, 0) is 48.7 Å². The molecule has 8 nitrogen and oxygen atoms in total. The molecule has 0 unspecified atom stereocenters. The summed E-state index contributed by atoms with van der Waals surface area (Å²) in [5.74, 6) is 1.11. The van der Waals surface area contributed by atoms with Crippen LogP contribution in [0.1, 0.15) is 11.3 Å². The van der Waals surface area contributed by atoms with Gasteiger partial charge < -0.3 is 25.7 Å². The van der Waals surface area contributed by atoms with E-state index in [0.29, 0.717) is 22.2 Å². The highest BCUT2D eigenvalue weighted by Crippen LogP contribution is 2.35. The number of carbonyl (C=O) groups excluding carboxylic acids is 1. The number of aromatic nitrogens is 3. The second kappa shape index (κ2) is 9.61. The fourth-order valence-corrected chi connectivity index (χ4v) is 5.22. The summed E-state index contributed by atoms with van der Waals surface area (Å²) in [6.45, 7) is 1.77. The fourth-order valence-electron chi connectivity index (χ4n) is 4.18. The number of nitrogens with zero attached hydrogens (tertiary/aromatic N) is 2. The van der Waals surface area contributed by atoms with Gasteiger partial charge in [-0.15, -0.1) is 11.3 Å². The average molecular weight is 497 g/mol. The Morgan fingerprint density at radius 1 is 1.29 bits per heavy atom. The summed E-state index contributed by atoms with van der Waals surface area (Å²) in [5, 5.41) is 12.4. The van der Waals surface area contributed by atoms with E-state index in [0.717, 1.165) is 42.7 Å². The topological polar surface area (TPSA) is 104 Å². The van der Waals surface area contributed by atoms with E-state index in [9.17, 15) is 4.79 Å². The molecule has 0 radical (unpaired) electrons. The van der Waals surface area contributed by atoms with E-state index >= 15 is 0 Å². The molecule has 4 N–H and O–H groups in total. The van der Waals surface area contributed by atoms with Gasteiger partial charge >= 0.3 is 0 Å². The summed E-state index contributed by atoms with van der Waals surface area (Å²) in [5.41, 5.74) is 2.93. The first-order valence-corrected chi connectivity index (χ1v) is 12.3. The largest absolute Gasteiger partial charge is 0.484 e. The van der Waals surface area contributed by atoms with Crippen molar-refractivity contribution in [3.63, 3.8) is 0 Å². The third-order valence-corrected chi connectivity index (χ3v) is 7.14. The Hall–Kier alpha value is -3.14. The number of nitrogens with one attached hydrogen (secondary N) is 4. The lowest BCUT2D eigenvalue weighted by molar-refractivity contribution is -0.122. The zero-order valence-corrected chi connectivity index (χ0v) is 20.2. The first-order chi connectivity index (χ1) is 16.5. The number of carbonyl (C=O) groups is 1. The molecule has 1 aliphatic heterocycles. The van der Waals surface area contributed by atoms with Crippen molar-refractivity contribution < 1.29 is 9.53 Å². The number of hydrogen-bond donors (Lipinski definition) is 4. The Morgan fingerprint density at radius 3 is 2.85 bits per heavy atom. The highest BCUT2D eigenvalue weighted by atomic mass is 35.5. The SMILES string of the molecule is CNC(=O)COc1ccc(-c2nc3ncc(Cl)c(N[C@]4(Cc5cccs5)CCNC4)c3[nH]2)cc1. The molecule has 0 saturated carbocycles. The number of H-pyrrole nitrogens is 1. The van der Waals surface area contributed by atoms with Crippen molar-refractivity contribution in [2.24, 2.45) is 0 Å². The standard InChI is InChI=1S/C24H25ClN6O2S/c1-26-19(32)13-33-16-6-4-15(5-7-16)22-29-21-20(18(25)12-28-23(21)30-22)31-24(8-9-27-14-24)11-17-3-2-10-34-17/h2-7,10,12,27H,8-9,11,13-14H2,1H3,(H,26,32)(H2,28,29,30,31)/t24-/m0/s1. The highest BCUT2D eigenvalue weighted by Gasteiger charge is 2.35. The van der Waals surface area contributed by atoms with Gasteiger partial charge in [-0.25, -0.2) is 9.97 Å². The second-order valence-corrected chi connectivity index (χ2v) is 9.78. The predicted molar refractivity (Wildman–Crippen MR) is 136 cm³/mol. The summed E-state index contributed by atoms with van der Waals surface area (Å²) < 4.78 is 5.48. The molecule has 10 heteroatoms. The third-order valence-electron chi connectivity index (χ3n) is 5.98. The molecule has 1 atom stereocenters. The Morgan fingerprint density at radius 2 is 2.15 bits per heavy atom. The van der Waals surface area contributed by atoms with Crippen molar-refractivity contribution in [3.05, 3.63) is 57.9 Å². The quantitative estimate of drug-likeness (QED) is 0.295. The highest BCUT2D eigenvalue weighted by molar-refractivity contribution is 7.09. The van der Waals surface area contributed by atoms with Gasteiger partial charge in [0.2, 0.25) is 0 Å². The van der Waals surface area contributed by atoms with Crippen LogP contribution >= 0.6 is 22.9 Å². The van der Waals surface area contributed by atoms with E-state index in [1.54, 1.807) is 24.6 Å². The van der Waals surface area contributed by atoms with Crippen LogP contribution in [-0.4, -0.2) is 53.1 Å². The summed E-state index contributed by atoms with van der Waals surface area (Å²) in [6, 6.07) is 11.7. The lowest BCUT2D eigenvalue weighted by atomic mass is 9.92. The zero-order chi connectivity index (χ0) is 23.5. The molecule has 176 valence electrons. The van der Waals surface area contributed by atoms with Gasteiger partial charge in [-0.3, -0.25) is 4.79 Å². The Balaban J connectivity index is 1.42. The number of imidazole rings is 1. The van der Waals surface area contributed by atoms with Crippen LogP contribution in [-0.2, 0) is 11.2 Å². The van der Waals surface area contributed by atoms with E-state index in [1.807, 2.05) is 24.3 Å². The van der Waals surface area contributed by atoms with Crippen molar-refractivity contribution in [2.75, 3.05) is 32.1 Å². The maximum absolute atomic E-state index is 11.4. The lowest BCUT2D eigenvalue weighted by Crippen LogP contribution is -2.42. The predicted octanol–water partition coefficient (Wildman–Crippen LogP) is 3.85. The minimum absolute atomic E-state index is 0.0278. The first kappa shape index (κ1) is 22.6. The molecule has 0 bridgehead atoms. The maximum Gasteiger partial charge on any atom is 0.257 e.